The number of rotatable bonds is 6. The molecule has 2 N–H and O–H groups in total. The molecule has 0 spiro atoms. The van der Waals surface area contributed by atoms with Crippen molar-refractivity contribution in [3.05, 3.63) is 29.8 Å². The zero-order chi connectivity index (χ0) is 15.5. The third-order valence-corrected chi connectivity index (χ3v) is 6.15. The van der Waals surface area contributed by atoms with Crippen molar-refractivity contribution in [1.29, 1.82) is 0 Å². The second kappa shape index (κ2) is 6.90. The van der Waals surface area contributed by atoms with Crippen molar-refractivity contribution in [2.45, 2.75) is 56.5 Å². The number of hydrogen-bond donors (Lipinski definition) is 2. The average Bonchev–Trinajstić information content (AvgIpc) is 3.00. The van der Waals surface area contributed by atoms with E-state index < -0.39 is 10.0 Å². The van der Waals surface area contributed by atoms with Crippen LogP contribution >= 0.6 is 0 Å². The summed E-state index contributed by atoms with van der Waals surface area (Å²) in [6.07, 6.45) is 4.69. The monoisotopic (exact) mass is 310 g/mol. The molecule has 1 aliphatic carbocycles. The molecule has 2 rings (SSSR count). The normalized spacial score (nSPS) is 19.6. The Morgan fingerprint density at radius 2 is 1.67 bits per heavy atom. The molecule has 0 aromatic heterocycles. The van der Waals surface area contributed by atoms with Crippen LogP contribution in [0.4, 0.5) is 0 Å². The Morgan fingerprint density at radius 1 is 1.10 bits per heavy atom. The van der Waals surface area contributed by atoms with E-state index in [1.54, 1.807) is 12.1 Å². The van der Waals surface area contributed by atoms with Crippen molar-refractivity contribution in [3.63, 3.8) is 0 Å². The molecule has 1 fully saturated rings. The van der Waals surface area contributed by atoms with Gasteiger partial charge in [-0.05, 0) is 57.4 Å². The quantitative estimate of drug-likeness (QED) is 0.849. The van der Waals surface area contributed by atoms with Crippen LogP contribution in [0.2, 0.25) is 0 Å². The highest BCUT2D eigenvalue weighted by molar-refractivity contribution is 7.89. The van der Waals surface area contributed by atoms with E-state index >= 15 is 0 Å². The molecule has 2 atom stereocenters. The third-order valence-electron chi connectivity index (χ3n) is 4.57. The highest BCUT2D eigenvalue weighted by atomic mass is 32.2. The molecule has 118 valence electrons. The average molecular weight is 310 g/mol. The number of benzene rings is 1. The molecule has 21 heavy (non-hydrogen) atoms. The van der Waals surface area contributed by atoms with Crippen LogP contribution in [0.15, 0.2) is 29.2 Å². The van der Waals surface area contributed by atoms with Gasteiger partial charge in [-0.3, -0.25) is 0 Å². The molecular weight excluding hydrogens is 284 g/mol. The van der Waals surface area contributed by atoms with E-state index in [1.807, 2.05) is 33.0 Å². The Labute approximate surface area is 128 Å². The van der Waals surface area contributed by atoms with Crippen molar-refractivity contribution >= 4 is 10.0 Å². The summed E-state index contributed by atoms with van der Waals surface area (Å²) in [4.78, 5) is 0.347. The Morgan fingerprint density at radius 3 is 2.19 bits per heavy atom. The van der Waals surface area contributed by atoms with E-state index in [9.17, 15) is 8.42 Å². The summed E-state index contributed by atoms with van der Waals surface area (Å²) in [5.74, 6) is 0.475. The number of nitrogens with one attached hydrogen (secondary N) is 2. The molecule has 5 heteroatoms. The van der Waals surface area contributed by atoms with E-state index in [1.165, 1.54) is 12.8 Å². The Balaban J connectivity index is 2.08. The van der Waals surface area contributed by atoms with Crippen LogP contribution in [0.25, 0.3) is 0 Å². The Kier molecular flexibility index (Phi) is 5.41. The van der Waals surface area contributed by atoms with Gasteiger partial charge in [-0.1, -0.05) is 25.0 Å². The van der Waals surface area contributed by atoms with Crippen molar-refractivity contribution < 1.29 is 8.42 Å². The third kappa shape index (κ3) is 4.05. The SMILES string of the molecule is CNC(C)c1ccc(S(=O)(=O)NC(C)C2CCCC2)cc1. The molecule has 1 aromatic carbocycles. The van der Waals surface area contributed by atoms with Gasteiger partial charge in [0.05, 0.1) is 4.90 Å². The summed E-state index contributed by atoms with van der Waals surface area (Å²) in [6, 6.07) is 7.34. The first-order valence-electron chi connectivity index (χ1n) is 7.73. The van der Waals surface area contributed by atoms with Gasteiger partial charge in [0, 0.05) is 12.1 Å². The second-order valence-electron chi connectivity index (χ2n) is 6.03. The minimum atomic E-state index is -3.42. The summed E-state index contributed by atoms with van der Waals surface area (Å²) >= 11 is 0. The zero-order valence-electron chi connectivity index (χ0n) is 13.1. The fraction of sp³-hybridized carbons (Fsp3) is 0.625. The van der Waals surface area contributed by atoms with E-state index in [-0.39, 0.29) is 12.1 Å². The first-order chi connectivity index (χ1) is 9.94. The predicted molar refractivity (Wildman–Crippen MR) is 85.7 cm³/mol. The van der Waals surface area contributed by atoms with Gasteiger partial charge < -0.3 is 5.32 Å². The molecule has 0 amide bonds. The minimum Gasteiger partial charge on any atom is -0.313 e. The van der Waals surface area contributed by atoms with Crippen molar-refractivity contribution in [3.8, 4) is 0 Å². The largest absolute Gasteiger partial charge is 0.313 e. The molecule has 0 radical (unpaired) electrons. The molecule has 0 aliphatic heterocycles. The smallest absolute Gasteiger partial charge is 0.240 e. The van der Waals surface area contributed by atoms with Crippen LogP contribution in [-0.4, -0.2) is 21.5 Å². The van der Waals surface area contributed by atoms with Crippen LogP contribution < -0.4 is 10.0 Å². The summed E-state index contributed by atoms with van der Waals surface area (Å²) < 4.78 is 27.7. The number of hydrogen-bond acceptors (Lipinski definition) is 3. The lowest BCUT2D eigenvalue weighted by molar-refractivity contribution is 0.424. The van der Waals surface area contributed by atoms with Gasteiger partial charge in [-0.2, -0.15) is 0 Å². The van der Waals surface area contributed by atoms with E-state index in [0.29, 0.717) is 10.8 Å². The molecule has 1 aliphatic rings. The maximum atomic E-state index is 12.4. The predicted octanol–water partition coefficient (Wildman–Crippen LogP) is 2.82. The molecule has 1 saturated carbocycles. The van der Waals surface area contributed by atoms with Gasteiger partial charge in [-0.25, -0.2) is 13.1 Å². The van der Waals surface area contributed by atoms with Gasteiger partial charge >= 0.3 is 0 Å². The maximum absolute atomic E-state index is 12.4. The summed E-state index contributed by atoms with van der Waals surface area (Å²) in [7, 11) is -1.53. The van der Waals surface area contributed by atoms with Crippen molar-refractivity contribution in [2.24, 2.45) is 5.92 Å². The maximum Gasteiger partial charge on any atom is 0.240 e. The van der Waals surface area contributed by atoms with Crippen LogP contribution in [0.1, 0.15) is 51.1 Å². The van der Waals surface area contributed by atoms with Crippen LogP contribution in [0.5, 0.6) is 0 Å². The fourth-order valence-corrected chi connectivity index (χ4v) is 4.28. The molecule has 0 saturated heterocycles. The van der Waals surface area contributed by atoms with Crippen LogP contribution in [0.3, 0.4) is 0 Å². The van der Waals surface area contributed by atoms with Gasteiger partial charge in [0.15, 0.2) is 0 Å². The lowest BCUT2D eigenvalue weighted by atomic mass is 10.0. The first-order valence-corrected chi connectivity index (χ1v) is 9.22. The Hall–Kier alpha value is -0.910. The molecule has 0 heterocycles. The lowest BCUT2D eigenvalue weighted by Gasteiger charge is -2.20. The van der Waals surface area contributed by atoms with Crippen LogP contribution in [-0.2, 0) is 10.0 Å². The van der Waals surface area contributed by atoms with Gasteiger partial charge in [0.25, 0.3) is 0 Å². The minimum absolute atomic E-state index is 0.00779. The van der Waals surface area contributed by atoms with Gasteiger partial charge in [0.2, 0.25) is 10.0 Å². The first kappa shape index (κ1) is 16.5. The van der Waals surface area contributed by atoms with E-state index in [0.717, 1.165) is 18.4 Å². The molecule has 0 bridgehead atoms. The molecule has 4 nitrogen and oxygen atoms in total. The van der Waals surface area contributed by atoms with Crippen molar-refractivity contribution in [1.82, 2.24) is 10.0 Å². The summed E-state index contributed by atoms with van der Waals surface area (Å²) in [5.41, 5.74) is 1.08. The summed E-state index contributed by atoms with van der Waals surface area (Å²) in [6.45, 7) is 4.02. The second-order valence-corrected chi connectivity index (χ2v) is 7.75. The highest BCUT2D eigenvalue weighted by Gasteiger charge is 2.26. The summed E-state index contributed by atoms with van der Waals surface area (Å²) in [5, 5.41) is 3.14. The van der Waals surface area contributed by atoms with Crippen molar-refractivity contribution in [2.75, 3.05) is 7.05 Å². The fourth-order valence-electron chi connectivity index (χ4n) is 2.97. The molecule has 2 unspecified atom stereocenters. The van der Waals surface area contributed by atoms with Gasteiger partial charge in [0.1, 0.15) is 0 Å². The molecular formula is C16H26N2O2S. The van der Waals surface area contributed by atoms with Crippen LogP contribution in [0, 0.1) is 5.92 Å². The number of sulfonamides is 1. The topological polar surface area (TPSA) is 58.2 Å². The Bertz CT molecular complexity index is 548. The van der Waals surface area contributed by atoms with Gasteiger partial charge in [-0.15, -0.1) is 0 Å². The standard InChI is InChI=1S/C16H26N2O2S/c1-12(17-3)15-8-10-16(11-9-15)21(19,20)18-13(2)14-6-4-5-7-14/h8-14,17-18H,4-7H2,1-3H3. The van der Waals surface area contributed by atoms with E-state index in [2.05, 4.69) is 10.0 Å². The lowest BCUT2D eigenvalue weighted by Crippen LogP contribution is -2.37. The molecule has 1 aromatic rings. The highest BCUT2D eigenvalue weighted by Crippen LogP contribution is 2.28. The van der Waals surface area contributed by atoms with E-state index in [4.69, 9.17) is 0 Å². The zero-order valence-corrected chi connectivity index (χ0v) is 13.9.